The van der Waals surface area contributed by atoms with Crippen molar-refractivity contribution in [1.82, 2.24) is 19.6 Å². The molecule has 4 rings (SSSR count). The molecule has 2 aliphatic heterocycles. The van der Waals surface area contributed by atoms with E-state index in [0.717, 1.165) is 36.1 Å². The smallest absolute Gasteiger partial charge is 0.322 e. The van der Waals surface area contributed by atoms with Gasteiger partial charge in [0.05, 0.1) is 4.92 Å². The summed E-state index contributed by atoms with van der Waals surface area (Å²) in [7, 11) is 1.56. The van der Waals surface area contributed by atoms with Crippen LogP contribution in [0.1, 0.15) is 46.6 Å². The van der Waals surface area contributed by atoms with Gasteiger partial charge in [0, 0.05) is 38.9 Å². The molecule has 3 heterocycles. The number of hydrogen-bond acceptors (Lipinski definition) is 5. The Hall–Kier alpha value is -3.43. The van der Waals surface area contributed by atoms with Gasteiger partial charge >= 0.3 is 11.7 Å². The number of piperidine rings is 1. The Labute approximate surface area is 192 Å². The fraction of sp³-hybridized carbons (Fsp3) is 0.522. The minimum absolute atomic E-state index is 0.0276. The van der Waals surface area contributed by atoms with Crippen molar-refractivity contribution in [1.29, 1.82) is 0 Å². The summed E-state index contributed by atoms with van der Waals surface area (Å²) in [5.41, 5.74) is 2.98. The van der Waals surface area contributed by atoms with Crippen LogP contribution in [-0.2, 0) is 7.05 Å². The Balaban J connectivity index is 1.39. The number of anilines is 1. The van der Waals surface area contributed by atoms with Crippen LogP contribution in [0.15, 0.2) is 18.2 Å². The lowest BCUT2D eigenvalue weighted by Crippen LogP contribution is -2.46. The molecule has 10 heteroatoms. The molecule has 33 heavy (non-hydrogen) atoms. The molecule has 1 N–H and O–H groups in total. The van der Waals surface area contributed by atoms with Crippen molar-refractivity contribution < 1.29 is 14.5 Å². The molecule has 2 fully saturated rings. The number of nitro groups is 1. The first kappa shape index (κ1) is 22.8. The first-order valence-corrected chi connectivity index (χ1v) is 11.2. The van der Waals surface area contributed by atoms with Crippen LogP contribution in [0.5, 0.6) is 0 Å². The highest BCUT2D eigenvalue weighted by Gasteiger charge is 2.44. The predicted octanol–water partition coefficient (Wildman–Crippen LogP) is 3.41. The number of hydrogen-bond donors (Lipinski definition) is 1. The Kier molecular flexibility index (Phi) is 5.85. The van der Waals surface area contributed by atoms with Crippen molar-refractivity contribution in [3.63, 3.8) is 0 Å². The maximum atomic E-state index is 13.2. The normalized spacial score (nSPS) is 17.5. The zero-order chi connectivity index (χ0) is 23.9. The molecule has 176 valence electrons. The summed E-state index contributed by atoms with van der Waals surface area (Å²) in [6.45, 7) is 7.86. The van der Waals surface area contributed by atoms with E-state index in [1.165, 1.54) is 4.68 Å². The van der Waals surface area contributed by atoms with E-state index in [1.54, 1.807) is 18.9 Å². The molecule has 0 radical (unpaired) electrons. The van der Waals surface area contributed by atoms with E-state index in [-0.39, 0.29) is 34.4 Å². The van der Waals surface area contributed by atoms with Gasteiger partial charge in [0.25, 0.3) is 5.91 Å². The van der Waals surface area contributed by atoms with Gasteiger partial charge in [0.2, 0.25) is 5.69 Å². The number of nitrogens with one attached hydrogen (secondary N) is 1. The van der Waals surface area contributed by atoms with Gasteiger partial charge in [-0.25, -0.2) is 4.79 Å². The highest BCUT2D eigenvalue weighted by molar-refractivity contribution is 5.97. The Morgan fingerprint density at radius 2 is 1.73 bits per heavy atom. The monoisotopic (exact) mass is 454 g/mol. The molecule has 10 nitrogen and oxygen atoms in total. The van der Waals surface area contributed by atoms with Gasteiger partial charge in [0.15, 0.2) is 0 Å². The van der Waals surface area contributed by atoms with Crippen LogP contribution >= 0.6 is 0 Å². The SMILES string of the molecule is Cc1ccc(NC(=O)N2CCC3(CC2)CCN(C(=O)c2c([N+](=O)[O-])c(C)nn2C)C3)c(C)c1. The zero-order valence-electron chi connectivity index (χ0n) is 19.6. The number of urea groups is 1. The van der Waals surface area contributed by atoms with Crippen molar-refractivity contribution >= 4 is 23.3 Å². The van der Waals surface area contributed by atoms with Gasteiger partial charge in [-0.05, 0) is 57.1 Å². The molecule has 3 amide bonds. The van der Waals surface area contributed by atoms with Crippen LogP contribution in [0.3, 0.4) is 0 Å². The maximum Gasteiger partial charge on any atom is 0.322 e. The average molecular weight is 455 g/mol. The molecule has 0 aliphatic carbocycles. The van der Waals surface area contributed by atoms with E-state index in [9.17, 15) is 19.7 Å². The van der Waals surface area contributed by atoms with E-state index in [0.29, 0.717) is 26.2 Å². The fourth-order valence-corrected chi connectivity index (χ4v) is 5.10. The quantitative estimate of drug-likeness (QED) is 0.564. The first-order valence-electron chi connectivity index (χ1n) is 11.2. The van der Waals surface area contributed by atoms with E-state index in [4.69, 9.17) is 0 Å². The van der Waals surface area contributed by atoms with Crippen LogP contribution in [0.4, 0.5) is 16.2 Å². The molecule has 2 aliphatic rings. The van der Waals surface area contributed by atoms with Crippen LogP contribution in [0.25, 0.3) is 0 Å². The lowest BCUT2D eigenvalue weighted by Gasteiger charge is -2.39. The van der Waals surface area contributed by atoms with Crippen molar-refractivity contribution in [3.05, 3.63) is 50.8 Å². The second-order valence-corrected chi connectivity index (χ2v) is 9.38. The average Bonchev–Trinajstić information content (AvgIpc) is 3.30. The summed E-state index contributed by atoms with van der Waals surface area (Å²) in [6.07, 6.45) is 2.42. The molecule has 0 bridgehead atoms. The van der Waals surface area contributed by atoms with E-state index in [2.05, 4.69) is 10.4 Å². The van der Waals surface area contributed by atoms with Gasteiger partial charge < -0.3 is 15.1 Å². The van der Waals surface area contributed by atoms with Crippen molar-refractivity contribution in [2.24, 2.45) is 12.5 Å². The number of amides is 3. The fourth-order valence-electron chi connectivity index (χ4n) is 5.10. The first-order chi connectivity index (χ1) is 15.6. The molecule has 0 saturated carbocycles. The Morgan fingerprint density at radius 3 is 2.33 bits per heavy atom. The topological polar surface area (TPSA) is 114 Å². The minimum atomic E-state index is -0.533. The standard InChI is InChI=1S/C23H30N6O4/c1-15-5-6-18(16(2)13-15)24-22(31)27-10-7-23(8-11-27)9-12-28(14-23)21(30)20-19(29(32)33)17(3)25-26(20)4/h5-6,13H,7-12,14H2,1-4H3,(H,24,31). The van der Waals surface area contributed by atoms with Crippen molar-refractivity contribution in [2.45, 2.75) is 40.0 Å². The molecule has 2 saturated heterocycles. The maximum absolute atomic E-state index is 13.2. The van der Waals surface area contributed by atoms with Gasteiger partial charge in [-0.3, -0.25) is 19.6 Å². The van der Waals surface area contributed by atoms with Crippen LogP contribution in [0, 0.1) is 36.3 Å². The van der Waals surface area contributed by atoms with Crippen LogP contribution < -0.4 is 5.32 Å². The second kappa shape index (κ2) is 8.49. The Bertz CT molecular complexity index is 1120. The van der Waals surface area contributed by atoms with E-state index >= 15 is 0 Å². The molecule has 1 aromatic carbocycles. The van der Waals surface area contributed by atoms with Crippen LogP contribution in [-0.4, -0.2) is 62.6 Å². The zero-order valence-corrected chi connectivity index (χ0v) is 19.6. The van der Waals surface area contributed by atoms with Gasteiger partial charge in [-0.1, -0.05) is 17.7 Å². The summed E-state index contributed by atoms with van der Waals surface area (Å²) in [5.74, 6) is -0.350. The lowest BCUT2D eigenvalue weighted by molar-refractivity contribution is -0.385. The molecule has 2 aromatic rings. The lowest BCUT2D eigenvalue weighted by atomic mass is 9.78. The van der Waals surface area contributed by atoms with Gasteiger partial charge in [-0.2, -0.15) is 5.10 Å². The third kappa shape index (κ3) is 4.29. The number of carbonyl (C=O) groups excluding carboxylic acids is 2. The number of aromatic nitrogens is 2. The molecular weight excluding hydrogens is 424 g/mol. The minimum Gasteiger partial charge on any atom is -0.337 e. The second-order valence-electron chi connectivity index (χ2n) is 9.38. The van der Waals surface area contributed by atoms with Gasteiger partial charge in [0.1, 0.15) is 5.69 Å². The molecule has 0 unspecified atom stereocenters. The van der Waals surface area contributed by atoms with E-state index in [1.807, 2.05) is 36.9 Å². The summed E-state index contributed by atoms with van der Waals surface area (Å²) in [4.78, 5) is 40.4. The number of nitrogens with zero attached hydrogens (tertiary/aromatic N) is 5. The Morgan fingerprint density at radius 1 is 1.09 bits per heavy atom. The highest BCUT2D eigenvalue weighted by Crippen LogP contribution is 2.41. The third-order valence-corrected chi connectivity index (χ3v) is 7.04. The predicted molar refractivity (Wildman–Crippen MR) is 123 cm³/mol. The molecule has 1 spiro atoms. The molecule has 1 aromatic heterocycles. The number of aryl methyl sites for hydroxylation is 4. The van der Waals surface area contributed by atoms with Crippen molar-refractivity contribution in [3.8, 4) is 0 Å². The summed E-state index contributed by atoms with van der Waals surface area (Å²) >= 11 is 0. The third-order valence-electron chi connectivity index (χ3n) is 7.04. The highest BCUT2D eigenvalue weighted by atomic mass is 16.6. The number of likely N-dealkylation sites (tertiary alicyclic amines) is 2. The van der Waals surface area contributed by atoms with Crippen molar-refractivity contribution in [2.75, 3.05) is 31.5 Å². The number of rotatable bonds is 3. The number of carbonyl (C=O) groups is 2. The molecule has 0 atom stereocenters. The summed E-state index contributed by atoms with van der Waals surface area (Å²) < 4.78 is 1.31. The van der Waals surface area contributed by atoms with E-state index < -0.39 is 4.92 Å². The number of benzene rings is 1. The largest absolute Gasteiger partial charge is 0.337 e. The molecular formula is C23H30N6O4. The van der Waals surface area contributed by atoms with Crippen LogP contribution in [0.2, 0.25) is 0 Å². The van der Waals surface area contributed by atoms with Gasteiger partial charge in [-0.15, -0.1) is 0 Å². The summed E-state index contributed by atoms with van der Waals surface area (Å²) in [6, 6.07) is 5.84. The summed E-state index contributed by atoms with van der Waals surface area (Å²) in [5, 5.41) is 18.6.